The fraction of sp³-hybridized carbons (Fsp3) is 0.643. The molecule has 0 atom stereocenters. The first-order valence-corrected chi connectivity index (χ1v) is 6.69. The quantitative estimate of drug-likeness (QED) is 0.839. The first-order valence-electron chi connectivity index (χ1n) is 6.69. The summed E-state index contributed by atoms with van der Waals surface area (Å²) in [5.74, 6) is -4.03. The van der Waals surface area contributed by atoms with Crippen LogP contribution in [0.3, 0.4) is 0 Å². The van der Waals surface area contributed by atoms with Gasteiger partial charge in [-0.1, -0.05) is 13.8 Å². The number of nitrogens with one attached hydrogen (secondary N) is 1. The van der Waals surface area contributed by atoms with Crippen molar-refractivity contribution in [3.05, 3.63) is 23.6 Å². The summed E-state index contributed by atoms with van der Waals surface area (Å²) in [6.45, 7) is 4.34. The van der Waals surface area contributed by atoms with E-state index in [0.717, 1.165) is 12.8 Å². The Kier molecular flexibility index (Phi) is 3.95. The molecule has 112 valence electrons. The van der Waals surface area contributed by atoms with Crippen molar-refractivity contribution in [3.8, 4) is 0 Å². The molecule has 0 amide bonds. The number of halogens is 3. The summed E-state index contributed by atoms with van der Waals surface area (Å²) in [5, 5.41) is 13.0. The standard InChI is InChI=1S/C14H19F3N2O/c1-13(2)3-5-14(20,6-4-13)8-18-12-10(16)7-9(15)11(17)19-12/h7,20H,3-6,8H2,1-2H3,(H,18,19). The Morgan fingerprint density at radius 3 is 2.35 bits per heavy atom. The molecule has 0 radical (unpaired) electrons. The summed E-state index contributed by atoms with van der Waals surface area (Å²) in [6.07, 6.45) is 2.88. The van der Waals surface area contributed by atoms with Gasteiger partial charge in [0.2, 0.25) is 0 Å². The van der Waals surface area contributed by atoms with Crippen LogP contribution in [-0.2, 0) is 0 Å². The largest absolute Gasteiger partial charge is 0.388 e. The van der Waals surface area contributed by atoms with Gasteiger partial charge in [-0.15, -0.1) is 0 Å². The predicted molar refractivity (Wildman–Crippen MR) is 69.8 cm³/mol. The third-order valence-electron chi connectivity index (χ3n) is 4.01. The van der Waals surface area contributed by atoms with E-state index >= 15 is 0 Å². The molecule has 0 aliphatic heterocycles. The first kappa shape index (κ1) is 15.1. The van der Waals surface area contributed by atoms with E-state index in [9.17, 15) is 18.3 Å². The number of pyridine rings is 1. The Bertz CT molecular complexity index is 495. The summed E-state index contributed by atoms with van der Waals surface area (Å²) in [6, 6.07) is 0.443. The Morgan fingerprint density at radius 1 is 1.15 bits per heavy atom. The lowest BCUT2D eigenvalue weighted by molar-refractivity contribution is -0.0146. The zero-order chi connectivity index (χ0) is 15.0. The number of nitrogens with zero attached hydrogens (tertiary/aromatic N) is 1. The van der Waals surface area contributed by atoms with Crippen molar-refractivity contribution in [1.82, 2.24) is 4.98 Å². The Hall–Kier alpha value is -1.30. The average molecular weight is 288 g/mol. The number of anilines is 1. The van der Waals surface area contributed by atoms with Gasteiger partial charge >= 0.3 is 0 Å². The number of hydrogen-bond donors (Lipinski definition) is 2. The number of aromatic nitrogens is 1. The van der Waals surface area contributed by atoms with Gasteiger partial charge in [0, 0.05) is 12.6 Å². The van der Waals surface area contributed by atoms with Crippen LogP contribution < -0.4 is 5.32 Å². The number of rotatable bonds is 3. The highest BCUT2D eigenvalue weighted by atomic mass is 19.2. The third kappa shape index (κ3) is 3.42. The fourth-order valence-corrected chi connectivity index (χ4v) is 2.39. The zero-order valence-electron chi connectivity index (χ0n) is 11.6. The molecule has 0 unspecified atom stereocenters. The molecule has 1 saturated carbocycles. The van der Waals surface area contributed by atoms with E-state index in [-0.39, 0.29) is 17.8 Å². The van der Waals surface area contributed by atoms with Crippen LogP contribution in [0.5, 0.6) is 0 Å². The van der Waals surface area contributed by atoms with Crippen molar-refractivity contribution in [1.29, 1.82) is 0 Å². The topological polar surface area (TPSA) is 45.1 Å². The second kappa shape index (κ2) is 5.24. The molecule has 0 bridgehead atoms. The Balaban J connectivity index is 2.00. The monoisotopic (exact) mass is 288 g/mol. The van der Waals surface area contributed by atoms with Crippen LogP contribution in [0.4, 0.5) is 19.0 Å². The maximum Gasteiger partial charge on any atom is 0.251 e. The van der Waals surface area contributed by atoms with Gasteiger partial charge in [0.05, 0.1) is 5.60 Å². The SMILES string of the molecule is CC1(C)CCC(O)(CNc2nc(F)c(F)cc2F)CC1. The van der Waals surface area contributed by atoms with Gasteiger partial charge in [0.25, 0.3) is 5.95 Å². The van der Waals surface area contributed by atoms with E-state index in [1.165, 1.54) is 0 Å². The normalized spacial score (nSPS) is 20.7. The minimum Gasteiger partial charge on any atom is -0.388 e. The van der Waals surface area contributed by atoms with Gasteiger partial charge in [0.1, 0.15) is 0 Å². The molecule has 1 aliphatic rings. The predicted octanol–water partition coefficient (Wildman–Crippen LogP) is 3.24. The van der Waals surface area contributed by atoms with E-state index in [2.05, 4.69) is 24.1 Å². The molecular weight excluding hydrogens is 269 g/mol. The van der Waals surface area contributed by atoms with Crippen molar-refractivity contribution in [3.63, 3.8) is 0 Å². The molecule has 20 heavy (non-hydrogen) atoms. The van der Waals surface area contributed by atoms with Gasteiger partial charge < -0.3 is 10.4 Å². The van der Waals surface area contributed by atoms with Crippen LogP contribution >= 0.6 is 0 Å². The van der Waals surface area contributed by atoms with Crippen LogP contribution in [0.2, 0.25) is 0 Å². The summed E-state index contributed by atoms with van der Waals surface area (Å²) < 4.78 is 39.1. The summed E-state index contributed by atoms with van der Waals surface area (Å²) >= 11 is 0. The molecule has 1 heterocycles. The van der Waals surface area contributed by atoms with E-state index in [1.54, 1.807) is 0 Å². The van der Waals surface area contributed by atoms with E-state index in [4.69, 9.17) is 0 Å². The number of aliphatic hydroxyl groups is 1. The van der Waals surface area contributed by atoms with Crippen molar-refractivity contribution in [2.75, 3.05) is 11.9 Å². The van der Waals surface area contributed by atoms with Crippen LogP contribution in [0, 0.1) is 23.0 Å². The van der Waals surface area contributed by atoms with Gasteiger partial charge in [-0.2, -0.15) is 9.37 Å². The molecule has 1 aliphatic carbocycles. The van der Waals surface area contributed by atoms with Gasteiger partial charge in [-0.3, -0.25) is 0 Å². The summed E-state index contributed by atoms with van der Waals surface area (Å²) in [7, 11) is 0. The molecule has 1 fully saturated rings. The second-order valence-electron chi connectivity index (χ2n) is 6.33. The van der Waals surface area contributed by atoms with Crippen LogP contribution in [0.1, 0.15) is 39.5 Å². The smallest absolute Gasteiger partial charge is 0.251 e. The number of hydrogen-bond acceptors (Lipinski definition) is 3. The molecule has 2 rings (SSSR count). The molecule has 0 aromatic carbocycles. The molecular formula is C14H19F3N2O. The molecule has 2 N–H and O–H groups in total. The highest BCUT2D eigenvalue weighted by Gasteiger charge is 2.36. The molecule has 1 aromatic heterocycles. The summed E-state index contributed by atoms with van der Waals surface area (Å²) in [4.78, 5) is 3.18. The van der Waals surface area contributed by atoms with Gasteiger partial charge in [0.15, 0.2) is 17.5 Å². The molecule has 0 spiro atoms. The van der Waals surface area contributed by atoms with Crippen molar-refractivity contribution in [2.45, 2.75) is 45.1 Å². The van der Waals surface area contributed by atoms with Crippen LogP contribution in [-0.4, -0.2) is 22.2 Å². The third-order valence-corrected chi connectivity index (χ3v) is 4.01. The lowest BCUT2D eigenvalue weighted by Crippen LogP contribution is -2.42. The van der Waals surface area contributed by atoms with Gasteiger partial charge in [-0.05, 0) is 31.1 Å². The maximum atomic E-state index is 13.4. The highest BCUT2D eigenvalue weighted by molar-refractivity contribution is 5.36. The van der Waals surface area contributed by atoms with Gasteiger partial charge in [-0.25, -0.2) is 8.78 Å². The lowest BCUT2D eigenvalue weighted by atomic mass is 9.71. The minimum atomic E-state index is -1.36. The van der Waals surface area contributed by atoms with E-state index in [1.807, 2.05) is 0 Å². The van der Waals surface area contributed by atoms with Crippen molar-refractivity contribution in [2.24, 2.45) is 5.41 Å². The molecule has 3 nitrogen and oxygen atoms in total. The van der Waals surface area contributed by atoms with Crippen molar-refractivity contribution < 1.29 is 18.3 Å². The first-order chi connectivity index (χ1) is 9.21. The highest BCUT2D eigenvalue weighted by Crippen LogP contribution is 2.40. The van der Waals surface area contributed by atoms with Crippen molar-refractivity contribution >= 4 is 5.82 Å². The Morgan fingerprint density at radius 2 is 1.75 bits per heavy atom. The fourth-order valence-electron chi connectivity index (χ4n) is 2.39. The average Bonchev–Trinajstić information content (AvgIpc) is 2.37. The maximum absolute atomic E-state index is 13.4. The minimum absolute atomic E-state index is 0.0675. The van der Waals surface area contributed by atoms with E-state index < -0.39 is 23.2 Å². The molecule has 6 heteroatoms. The van der Waals surface area contributed by atoms with E-state index in [0.29, 0.717) is 18.9 Å². The Labute approximate surface area is 116 Å². The lowest BCUT2D eigenvalue weighted by Gasteiger charge is -2.40. The molecule has 0 saturated heterocycles. The zero-order valence-corrected chi connectivity index (χ0v) is 11.6. The molecule has 1 aromatic rings. The van der Waals surface area contributed by atoms with Crippen LogP contribution in [0.15, 0.2) is 6.07 Å². The summed E-state index contributed by atoms with van der Waals surface area (Å²) in [5.41, 5.74) is -0.772. The van der Waals surface area contributed by atoms with Crippen LogP contribution in [0.25, 0.3) is 0 Å². The second-order valence-corrected chi connectivity index (χ2v) is 6.33.